The van der Waals surface area contributed by atoms with Crippen molar-refractivity contribution in [2.24, 2.45) is 0 Å². The van der Waals surface area contributed by atoms with Gasteiger partial charge in [-0.2, -0.15) is 0 Å². The molecule has 2 N–H and O–H groups in total. The topological polar surface area (TPSA) is 41.1 Å². The molecule has 0 atom stereocenters. The van der Waals surface area contributed by atoms with Crippen LogP contribution in [0.3, 0.4) is 0 Å². The molecule has 0 spiro atoms. The van der Waals surface area contributed by atoms with E-state index >= 15 is 0 Å². The molecule has 3 nitrogen and oxygen atoms in total. The molecule has 2 aromatic rings. The number of rotatable bonds is 3. The van der Waals surface area contributed by atoms with E-state index in [0.29, 0.717) is 10.7 Å². The summed E-state index contributed by atoms with van der Waals surface area (Å²) in [6.07, 6.45) is 3.38. The second-order valence-corrected chi connectivity index (χ2v) is 5.29. The minimum atomic E-state index is -0.343. The largest absolute Gasteiger partial charge is 0.323 e. The summed E-state index contributed by atoms with van der Waals surface area (Å²) in [6.45, 7) is 0. The van der Waals surface area contributed by atoms with Crippen molar-refractivity contribution < 1.29 is 4.79 Å². The van der Waals surface area contributed by atoms with E-state index in [2.05, 4.69) is 26.6 Å². The summed E-state index contributed by atoms with van der Waals surface area (Å²) in [5.41, 5.74) is 1.56. The zero-order valence-electron chi connectivity index (χ0n) is 10.4. The van der Waals surface area contributed by atoms with Crippen molar-refractivity contribution in [3.05, 3.63) is 69.8 Å². The first-order chi connectivity index (χ1) is 9.65. The normalized spacial score (nSPS) is 10.5. The average molecular weight is 352 g/mol. The molecule has 0 saturated carbocycles. The second kappa shape index (κ2) is 7.12. The van der Waals surface area contributed by atoms with E-state index in [4.69, 9.17) is 11.6 Å². The third-order valence-corrected chi connectivity index (χ3v) is 3.28. The smallest absolute Gasteiger partial charge is 0.314 e. The van der Waals surface area contributed by atoms with Crippen LogP contribution in [0.25, 0.3) is 6.08 Å². The van der Waals surface area contributed by atoms with E-state index in [-0.39, 0.29) is 6.03 Å². The first-order valence-electron chi connectivity index (χ1n) is 5.89. The Morgan fingerprint density at radius 3 is 2.70 bits per heavy atom. The van der Waals surface area contributed by atoms with E-state index in [1.54, 1.807) is 36.5 Å². The molecule has 0 aliphatic carbocycles. The van der Waals surface area contributed by atoms with Gasteiger partial charge >= 0.3 is 6.03 Å². The molecular formula is C15H12BrClN2O. The third-order valence-electron chi connectivity index (χ3n) is 2.46. The summed E-state index contributed by atoms with van der Waals surface area (Å²) in [4.78, 5) is 11.7. The summed E-state index contributed by atoms with van der Waals surface area (Å²) in [7, 11) is 0. The predicted octanol–water partition coefficient (Wildman–Crippen LogP) is 4.89. The lowest BCUT2D eigenvalue weighted by molar-refractivity contribution is 0.255. The van der Waals surface area contributed by atoms with Gasteiger partial charge in [-0.25, -0.2) is 4.79 Å². The van der Waals surface area contributed by atoms with Gasteiger partial charge in [0.2, 0.25) is 0 Å². The number of halogens is 2. The van der Waals surface area contributed by atoms with Gasteiger partial charge in [0.1, 0.15) is 0 Å². The van der Waals surface area contributed by atoms with Gasteiger partial charge in [0.25, 0.3) is 0 Å². The zero-order valence-corrected chi connectivity index (χ0v) is 12.8. The zero-order chi connectivity index (χ0) is 14.4. The van der Waals surface area contributed by atoms with Gasteiger partial charge in [0.15, 0.2) is 0 Å². The van der Waals surface area contributed by atoms with E-state index < -0.39 is 0 Å². The molecule has 0 bridgehead atoms. The number of urea groups is 1. The summed E-state index contributed by atoms with van der Waals surface area (Å²) in [6, 6.07) is 14.5. The Labute approximate surface area is 130 Å². The van der Waals surface area contributed by atoms with Gasteiger partial charge in [0.05, 0.1) is 10.7 Å². The molecular weight excluding hydrogens is 340 g/mol. The highest BCUT2D eigenvalue weighted by Crippen LogP contribution is 2.20. The number of anilines is 1. The summed E-state index contributed by atoms with van der Waals surface area (Å²) >= 11 is 9.34. The highest BCUT2D eigenvalue weighted by atomic mass is 79.9. The molecule has 2 aromatic carbocycles. The number of para-hydroxylation sites is 1. The molecule has 0 heterocycles. The van der Waals surface area contributed by atoms with Crippen molar-refractivity contribution in [2.75, 3.05) is 5.32 Å². The Morgan fingerprint density at radius 1 is 1.15 bits per heavy atom. The molecule has 0 aliphatic heterocycles. The van der Waals surface area contributed by atoms with Crippen LogP contribution in [0.1, 0.15) is 5.56 Å². The maximum atomic E-state index is 11.7. The lowest BCUT2D eigenvalue weighted by Crippen LogP contribution is -2.23. The van der Waals surface area contributed by atoms with Gasteiger partial charge in [-0.05, 0) is 35.9 Å². The molecule has 0 aromatic heterocycles. The van der Waals surface area contributed by atoms with E-state index in [0.717, 1.165) is 10.0 Å². The number of hydrogen-bond acceptors (Lipinski definition) is 1. The fourth-order valence-corrected chi connectivity index (χ4v) is 2.14. The number of hydrogen-bond donors (Lipinski definition) is 2. The number of amides is 2. The van der Waals surface area contributed by atoms with Crippen molar-refractivity contribution in [1.29, 1.82) is 0 Å². The molecule has 0 saturated heterocycles. The molecule has 0 fully saturated rings. The number of carbonyl (C=O) groups is 1. The van der Waals surface area contributed by atoms with E-state index in [1.165, 1.54) is 0 Å². The van der Waals surface area contributed by atoms with Crippen LogP contribution in [0.4, 0.5) is 10.5 Å². The van der Waals surface area contributed by atoms with E-state index in [9.17, 15) is 4.79 Å². The lowest BCUT2D eigenvalue weighted by Gasteiger charge is -2.05. The van der Waals surface area contributed by atoms with Crippen LogP contribution in [0, 0.1) is 0 Å². The maximum absolute atomic E-state index is 11.7. The monoisotopic (exact) mass is 350 g/mol. The van der Waals surface area contributed by atoms with Gasteiger partial charge in [-0.15, -0.1) is 0 Å². The minimum absolute atomic E-state index is 0.343. The molecule has 0 aliphatic rings. The van der Waals surface area contributed by atoms with Crippen LogP contribution in [0.15, 0.2) is 59.2 Å². The average Bonchev–Trinajstić information content (AvgIpc) is 2.41. The Morgan fingerprint density at radius 2 is 1.95 bits per heavy atom. The number of nitrogens with one attached hydrogen (secondary N) is 2. The molecule has 0 radical (unpaired) electrons. The summed E-state index contributed by atoms with van der Waals surface area (Å²) in [5, 5.41) is 5.79. The highest BCUT2D eigenvalue weighted by molar-refractivity contribution is 9.10. The van der Waals surface area contributed by atoms with Crippen molar-refractivity contribution >= 4 is 45.3 Å². The van der Waals surface area contributed by atoms with Crippen molar-refractivity contribution in [1.82, 2.24) is 5.32 Å². The van der Waals surface area contributed by atoms with Crippen LogP contribution in [-0.4, -0.2) is 6.03 Å². The van der Waals surface area contributed by atoms with Crippen molar-refractivity contribution in [2.45, 2.75) is 0 Å². The van der Waals surface area contributed by atoms with Gasteiger partial charge in [0, 0.05) is 10.7 Å². The quantitative estimate of drug-likeness (QED) is 0.811. The fraction of sp³-hybridized carbons (Fsp3) is 0. The van der Waals surface area contributed by atoms with Gasteiger partial charge < -0.3 is 10.6 Å². The van der Waals surface area contributed by atoms with Crippen LogP contribution in [-0.2, 0) is 0 Å². The Kier molecular flexibility index (Phi) is 5.21. The van der Waals surface area contributed by atoms with Gasteiger partial charge in [-0.1, -0.05) is 51.8 Å². The molecule has 5 heteroatoms. The number of benzene rings is 2. The minimum Gasteiger partial charge on any atom is -0.314 e. The SMILES string of the molecule is O=C(N/C=C/c1cccc(Br)c1)Nc1ccccc1Cl. The maximum Gasteiger partial charge on any atom is 0.323 e. The van der Waals surface area contributed by atoms with Crippen LogP contribution >= 0.6 is 27.5 Å². The van der Waals surface area contributed by atoms with E-state index in [1.807, 2.05) is 24.3 Å². The molecule has 2 amide bonds. The number of carbonyl (C=O) groups excluding carboxylic acids is 1. The van der Waals surface area contributed by atoms with Gasteiger partial charge in [-0.3, -0.25) is 0 Å². The third kappa shape index (κ3) is 4.40. The highest BCUT2D eigenvalue weighted by Gasteiger charge is 2.02. The predicted molar refractivity (Wildman–Crippen MR) is 86.8 cm³/mol. The first-order valence-corrected chi connectivity index (χ1v) is 7.06. The molecule has 102 valence electrons. The standard InChI is InChI=1S/C15H12BrClN2O/c16-12-5-3-4-11(10-12)8-9-18-15(20)19-14-7-2-1-6-13(14)17/h1-10H,(H2,18,19,20)/b9-8+. The second-order valence-electron chi connectivity index (χ2n) is 3.97. The Hall–Kier alpha value is -1.78. The Bertz CT molecular complexity index is 643. The molecule has 20 heavy (non-hydrogen) atoms. The first kappa shape index (κ1) is 14.6. The van der Waals surface area contributed by atoms with Crippen LogP contribution in [0.2, 0.25) is 5.02 Å². The lowest BCUT2D eigenvalue weighted by atomic mass is 10.2. The fourth-order valence-electron chi connectivity index (χ4n) is 1.54. The summed E-state index contributed by atoms with van der Waals surface area (Å²) in [5.74, 6) is 0. The molecule has 0 unspecified atom stereocenters. The summed E-state index contributed by atoms with van der Waals surface area (Å²) < 4.78 is 0.986. The molecule has 2 rings (SSSR count). The Balaban J connectivity index is 1.91. The van der Waals surface area contributed by atoms with Crippen molar-refractivity contribution in [3.8, 4) is 0 Å². The van der Waals surface area contributed by atoms with Crippen LogP contribution in [0.5, 0.6) is 0 Å². The van der Waals surface area contributed by atoms with Crippen molar-refractivity contribution in [3.63, 3.8) is 0 Å². The van der Waals surface area contributed by atoms with Crippen LogP contribution < -0.4 is 10.6 Å².